The molecule has 0 aliphatic carbocycles. The molecule has 3 saturated heterocycles. The Morgan fingerprint density at radius 2 is 2.12 bits per heavy atom. The van der Waals surface area contributed by atoms with Crippen LogP contribution in [0, 0.1) is 18.7 Å². The van der Waals surface area contributed by atoms with Gasteiger partial charge in [-0.15, -0.1) is 11.3 Å². The van der Waals surface area contributed by atoms with Crippen molar-refractivity contribution in [3.8, 4) is 0 Å². The molecule has 1 unspecified atom stereocenters. The number of piperidine rings is 3. The average Bonchev–Trinajstić information content (AvgIpc) is 3.05. The fourth-order valence-corrected chi connectivity index (χ4v) is 4.75. The highest BCUT2D eigenvalue weighted by Crippen LogP contribution is 2.31. The average molecular weight is 374 g/mol. The number of nitrogens with zero attached hydrogens (tertiary/aromatic N) is 2. The predicted octanol–water partition coefficient (Wildman–Crippen LogP) is 4.43. The number of amides is 1. The van der Waals surface area contributed by atoms with Crippen LogP contribution in [-0.2, 0) is 11.3 Å². The first-order valence-electron chi connectivity index (χ1n) is 9.10. The predicted molar refractivity (Wildman–Crippen MR) is 101 cm³/mol. The molecular formula is C20H23FN2O2S. The molecule has 138 valence electrons. The van der Waals surface area contributed by atoms with Crippen molar-refractivity contribution in [2.24, 2.45) is 5.92 Å². The number of thiophene rings is 1. The Bertz CT molecular complexity index is 786. The van der Waals surface area contributed by atoms with E-state index in [1.807, 2.05) is 19.1 Å². The molecule has 0 saturated carbocycles. The monoisotopic (exact) mass is 374 g/mol. The lowest BCUT2D eigenvalue weighted by Gasteiger charge is -2.44. The molecule has 1 atom stereocenters. The van der Waals surface area contributed by atoms with Crippen molar-refractivity contribution >= 4 is 23.1 Å². The van der Waals surface area contributed by atoms with Gasteiger partial charge in [-0.2, -0.15) is 0 Å². The second kappa shape index (κ2) is 7.37. The van der Waals surface area contributed by atoms with E-state index in [0.717, 1.165) is 37.4 Å². The zero-order valence-corrected chi connectivity index (χ0v) is 15.7. The van der Waals surface area contributed by atoms with Crippen LogP contribution in [0.15, 0.2) is 36.4 Å². The maximum atomic E-state index is 13.7. The normalized spacial score (nSPS) is 24.5. The third-order valence-corrected chi connectivity index (χ3v) is 6.28. The number of anilines is 1. The Morgan fingerprint density at radius 3 is 2.73 bits per heavy atom. The van der Waals surface area contributed by atoms with Crippen LogP contribution in [0.2, 0.25) is 0 Å². The molecule has 3 aliphatic heterocycles. The summed E-state index contributed by atoms with van der Waals surface area (Å²) in [4.78, 5) is 19.1. The number of halogens is 1. The molecule has 1 aromatic carbocycles. The summed E-state index contributed by atoms with van der Waals surface area (Å²) in [5.74, 6) is 0.0905. The molecule has 1 amide bonds. The first kappa shape index (κ1) is 17.5. The number of rotatable bonds is 4. The van der Waals surface area contributed by atoms with E-state index < -0.39 is 0 Å². The van der Waals surface area contributed by atoms with Gasteiger partial charge in [0.05, 0.1) is 12.2 Å². The van der Waals surface area contributed by atoms with Gasteiger partial charge < -0.3 is 4.74 Å². The Kier molecular flexibility index (Phi) is 4.96. The minimum Gasteiger partial charge on any atom is -0.444 e. The van der Waals surface area contributed by atoms with Gasteiger partial charge in [0.2, 0.25) is 0 Å². The van der Waals surface area contributed by atoms with Crippen LogP contribution in [0.25, 0.3) is 0 Å². The third-order valence-electron chi connectivity index (χ3n) is 5.30. The topological polar surface area (TPSA) is 32.8 Å². The van der Waals surface area contributed by atoms with Gasteiger partial charge in [-0.25, -0.2) is 9.18 Å². The SMILES string of the molecule is Cc1ccc(CN(C(=O)OC2CN3CCC2CC3)c2cccc(F)c2)s1. The fourth-order valence-electron chi connectivity index (χ4n) is 3.87. The van der Waals surface area contributed by atoms with Crippen molar-refractivity contribution in [3.05, 3.63) is 52.0 Å². The maximum absolute atomic E-state index is 13.7. The minimum absolute atomic E-state index is 0.0638. The molecule has 0 N–H and O–H groups in total. The summed E-state index contributed by atoms with van der Waals surface area (Å²) in [5, 5.41) is 0. The van der Waals surface area contributed by atoms with Gasteiger partial charge in [0, 0.05) is 16.3 Å². The lowest BCUT2D eigenvalue weighted by molar-refractivity contribution is -0.0311. The van der Waals surface area contributed by atoms with E-state index in [0.29, 0.717) is 18.2 Å². The quantitative estimate of drug-likeness (QED) is 0.793. The molecule has 5 rings (SSSR count). The summed E-state index contributed by atoms with van der Waals surface area (Å²) in [6.45, 7) is 5.43. The van der Waals surface area contributed by atoms with E-state index >= 15 is 0 Å². The Morgan fingerprint density at radius 1 is 1.31 bits per heavy atom. The largest absolute Gasteiger partial charge is 0.444 e. The molecule has 1 aromatic heterocycles. The van der Waals surface area contributed by atoms with Crippen molar-refractivity contribution in [2.45, 2.75) is 32.4 Å². The summed E-state index contributed by atoms with van der Waals surface area (Å²) in [6, 6.07) is 10.2. The van der Waals surface area contributed by atoms with E-state index in [2.05, 4.69) is 4.90 Å². The number of fused-ring (bicyclic) bond motifs is 3. The van der Waals surface area contributed by atoms with Gasteiger partial charge in [-0.3, -0.25) is 9.80 Å². The van der Waals surface area contributed by atoms with Crippen LogP contribution < -0.4 is 4.90 Å². The number of hydrogen-bond donors (Lipinski definition) is 0. The summed E-state index contributed by atoms with van der Waals surface area (Å²) in [7, 11) is 0. The lowest BCUT2D eigenvalue weighted by atomic mass is 9.86. The van der Waals surface area contributed by atoms with E-state index in [-0.39, 0.29) is 18.0 Å². The Balaban J connectivity index is 1.54. The summed E-state index contributed by atoms with van der Waals surface area (Å²) in [6.07, 6.45) is 1.72. The molecule has 0 radical (unpaired) electrons. The van der Waals surface area contributed by atoms with Crippen LogP contribution in [0.5, 0.6) is 0 Å². The Hall–Kier alpha value is -1.92. The van der Waals surface area contributed by atoms with Crippen molar-refractivity contribution in [1.82, 2.24) is 4.90 Å². The van der Waals surface area contributed by atoms with E-state index in [1.165, 1.54) is 17.0 Å². The number of carbonyl (C=O) groups is 1. The smallest absolute Gasteiger partial charge is 0.414 e. The molecule has 4 nitrogen and oxygen atoms in total. The lowest BCUT2D eigenvalue weighted by Crippen LogP contribution is -2.53. The van der Waals surface area contributed by atoms with Crippen molar-refractivity contribution in [2.75, 3.05) is 24.5 Å². The van der Waals surface area contributed by atoms with Crippen molar-refractivity contribution in [3.63, 3.8) is 0 Å². The summed E-state index contributed by atoms with van der Waals surface area (Å²) in [5.41, 5.74) is 0.530. The summed E-state index contributed by atoms with van der Waals surface area (Å²) >= 11 is 1.64. The highest BCUT2D eigenvalue weighted by molar-refractivity contribution is 7.11. The zero-order chi connectivity index (χ0) is 18.1. The van der Waals surface area contributed by atoms with E-state index in [9.17, 15) is 9.18 Å². The molecule has 2 bridgehead atoms. The number of carbonyl (C=O) groups excluding carboxylic acids is 1. The first-order chi connectivity index (χ1) is 12.6. The van der Waals surface area contributed by atoms with Crippen LogP contribution in [0.4, 0.5) is 14.9 Å². The molecule has 0 spiro atoms. The fraction of sp³-hybridized carbons (Fsp3) is 0.450. The van der Waals surface area contributed by atoms with Crippen LogP contribution in [0.1, 0.15) is 22.6 Å². The second-order valence-corrected chi connectivity index (χ2v) is 8.51. The number of aryl methyl sites for hydroxylation is 1. The molecule has 4 heterocycles. The molecule has 2 aromatic rings. The van der Waals surface area contributed by atoms with Crippen molar-refractivity contribution in [1.29, 1.82) is 0 Å². The van der Waals surface area contributed by atoms with Gasteiger partial charge in [-0.05, 0) is 69.1 Å². The standard InChI is InChI=1S/C20H23FN2O2S/c1-14-5-6-18(26-14)12-23(17-4-2-3-16(21)11-17)20(24)25-19-13-22-9-7-15(19)8-10-22/h2-6,11,15,19H,7-10,12-13H2,1H3. The van der Waals surface area contributed by atoms with E-state index in [1.54, 1.807) is 28.4 Å². The van der Waals surface area contributed by atoms with Gasteiger partial charge in [0.15, 0.2) is 0 Å². The van der Waals surface area contributed by atoms with Crippen LogP contribution in [0.3, 0.4) is 0 Å². The molecule has 6 heteroatoms. The number of benzene rings is 1. The maximum Gasteiger partial charge on any atom is 0.414 e. The Labute approximate surface area is 157 Å². The highest BCUT2D eigenvalue weighted by atomic mass is 32.1. The second-order valence-electron chi connectivity index (χ2n) is 7.14. The third kappa shape index (κ3) is 3.76. The van der Waals surface area contributed by atoms with Crippen LogP contribution >= 0.6 is 11.3 Å². The van der Waals surface area contributed by atoms with E-state index in [4.69, 9.17) is 4.74 Å². The molecule has 3 aliphatic rings. The molecule has 3 fully saturated rings. The van der Waals surface area contributed by atoms with Gasteiger partial charge in [0.1, 0.15) is 11.9 Å². The summed E-state index contributed by atoms with van der Waals surface area (Å²) < 4.78 is 19.6. The van der Waals surface area contributed by atoms with Gasteiger partial charge in [0.25, 0.3) is 0 Å². The van der Waals surface area contributed by atoms with Crippen LogP contribution in [-0.4, -0.2) is 36.7 Å². The molecule has 26 heavy (non-hydrogen) atoms. The number of hydrogen-bond acceptors (Lipinski definition) is 4. The van der Waals surface area contributed by atoms with Gasteiger partial charge in [-0.1, -0.05) is 6.07 Å². The first-order valence-corrected chi connectivity index (χ1v) is 9.91. The van der Waals surface area contributed by atoms with Gasteiger partial charge >= 0.3 is 6.09 Å². The minimum atomic E-state index is -0.389. The highest BCUT2D eigenvalue weighted by Gasteiger charge is 2.37. The number of ether oxygens (including phenoxy) is 1. The zero-order valence-electron chi connectivity index (χ0n) is 14.9. The van der Waals surface area contributed by atoms with Crippen molar-refractivity contribution < 1.29 is 13.9 Å². The molecular weight excluding hydrogens is 351 g/mol.